The van der Waals surface area contributed by atoms with Gasteiger partial charge in [0.05, 0.1) is 0 Å². The lowest BCUT2D eigenvalue weighted by Gasteiger charge is -2.45. The van der Waals surface area contributed by atoms with Crippen LogP contribution in [0.4, 0.5) is 0 Å². The largest absolute Gasteiger partial charge is 0.356 e. The summed E-state index contributed by atoms with van der Waals surface area (Å²) in [7, 11) is 0. The summed E-state index contributed by atoms with van der Waals surface area (Å²) in [6, 6.07) is 19.4. The third kappa shape index (κ3) is 3.56. The van der Waals surface area contributed by atoms with Gasteiger partial charge >= 0.3 is 0 Å². The van der Waals surface area contributed by atoms with Gasteiger partial charge in [-0.25, -0.2) is 0 Å². The van der Waals surface area contributed by atoms with Crippen molar-refractivity contribution >= 4 is 5.91 Å². The van der Waals surface area contributed by atoms with Crippen molar-refractivity contribution in [1.82, 2.24) is 10.3 Å². The molecule has 0 fully saturated rings. The summed E-state index contributed by atoms with van der Waals surface area (Å²) in [4.78, 5) is 27.4. The number of rotatable bonds is 5. The maximum Gasteiger partial charge on any atom is 0.266 e. The molecule has 3 aromatic rings. The van der Waals surface area contributed by atoms with Gasteiger partial charge in [0.1, 0.15) is 11.6 Å². The van der Waals surface area contributed by atoms with E-state index in [0.29, 0.717) is 42.7 Å². The van der Waals surface area contributed by atoms with Crippen molar-refractivity contribution < 1.29 is 4.79 Å². The first-order valence-electron chi connectivity index (χ1n) is 11.6. The monoisotopic (exact) mass is 437 g/mol. The summed E-state index contributed by atoms with van der Waals surface area (Å²) < 4.78 is 0. The first-order chi connectivity index (χ1) is 16.0. The average Bonchev–Trinajstić information content (AvgIpc) is 2.83. The number of aryl methyl sites for hydroxylation is 1. The van der Waals surface area contributed by atoms with Crippen LogP contribution >= 0.6 is 0 Å². The van der Waals surface area contributed by atoms with Gasteiger partial charge in [-0.3, -0.25) is 9.59 Å². The van der Waals surface area contributed by atoms with Gasteiger partial charge < -0.3 is 10.3 Å². The van der Waals surface area contributed by atoms with E-state index < -0.39 is 0 Å². The topological polar surface area (TPSA) is 85.8 Å². The Morgan fingerprint density at radius 1 is 1.06 bits per heavy atom. The SMILES string of the molecule is Cc1[nH]c(=O)c(C#N)c(C)c1CCC(=O)NCC1CC2c3ccccc3C1c1ccccc12. The molecule has 166 valence electrons. The van der Waals surface area contributed by atoms with E-state index in [2.05, 4.69) is 58.8 Å². The number of hydrogen-bond acceptors (Lipinski definition) is 3. The van der Waals surface area contributed by atoms with Gasteiger partial charge in [0.15, 0.2) is 0 Å². The number of nitriles is 1. The highest BCUT2D eigenvalue weighted by Gasteiger charge is 2.42. The molecule has 0 saturated carbocycles. The number of carbonyl (C=O) groups is 1. The molecule has 3 aliphatic rings. The summed E-state index contributed by atoms with van der Waals surface area (Å²) in [5.41, 5.74) is 7.69. The summed E-state index contributed by atoms with van der Waals surface area (Å²) in [5, 5.41) is 12.4. The fourth-order valence-electron chi connectivity index (χ4n) is 5.95. The minimum absolute atomic E-state index is 0.00141. The molecule has 0 aliphatic heterocycles. The van der Waals surface area contributed by atoms with E-state index in [4.69, 9.17) is 0 Å². The Morgan fingerprint density at radius 2 is 1.67 bits per heavy atom. The van der Waals surface area contributed by atoms with E-state index in [1.165, 1.54) is 22.3 Å². The maximum absolute atomic E-state index is 12.8. The van der Waals surface area contributed by atoms with Crippen molar-refractivity contribution in [3.8, 4) is 6.07 Å². The predicted molar refractivity (Wildman–Crippen MR) is 127 cm³/mol. The Hall–Kier alpha value is -3.65. The standard InChI is InChI=1S/C28H27N3O2/c1-16-19(17(2)31-28(33)25(16)14-29)11-12-26(32)30-15-18-13-24-20-7-3-5-9-22(20)27(18)23-10-6-4-8-21(23)24/h3-10,18,24,27H,11-13,15H2,1-2H3,(H,30,32)(H,31,33). The van der Waals surface area contributed by atoms with Crippen molar-refractivity contribution in [2.45, 2.75) is 44.9 Å². The van der Waals surface area contributed by atoms with Crippen molar-refractivity contribution in [2.24, 2.45) is 5.92 Å². The summed E-state index contributed by atoms with van der Waals surface area (Å²) >= 11 is 0. The van der Waals surface area contributed by atoms with Crippen LogP contribution in [0, 0.1) is 31.1 Å². The summed E-state index contributed by atoms with van der Waals surface area (Å²) in [6.45, 7) is 4.24. The Labute approximate surface area is 193 Å². The van der Waals surface area contributed by atoms with Gasteiger partial charge in [-0.15, -0.1) is 0 Å². The molecule has 5 heteroatoms. The highest BCUT2D eigenvalue weighted by Crippen LogP contribution is 2.55. The van der Waals surface area contributed by atoms with Crippen LogP contribution in [-0.4, -0.2) is 17.4 Å². The Bertz CT molecular complexity index is 1300. The van der Waals surface area contributed by atoms with Gasteiger partial charge in [0.25, 0.3) is 5.56 Å². The number of hydrogen-bond donors (Lipinski definition) is 2. The third-order valence-corrected chi connectivity index (χ3v) is 7.51. The second-order valence-corrected chi connectivity index (χ2v) is 9.26. The van der Waals surface area contributed by atoms with Crippen molar-refractivity contribution in [2.75, 3.05) is 6.54 Å². The van der Waals surface area contributed by atoms with Crippen LogP contribution in [0.2, 0.25) is 0 Å². The van der Waals surface area contributed by atoms with Crippen molar-refractivity contribution in [1.29, 1.82) is 5.26 Å². The lowest BCUT2D eigenvalue weighted by Crippen LogP contribution is -2.39. The molecule has 0 spiro atoms. The van der Waals surface area contributed by atoms with Gasteiger partial charge in [0.2, 0.25) is 5.91 Å². The zero-order valence-electron chi connectivity index (χ0n) is 18.9. The molecule has 1 heterocycles. The number of benzene rings is 2. The van der Waals surface area contributed by atoms with E-state index in [-0.39, 0.29) is 17.0 Å². The van der Waals surface area contributed by atoms with E-state index in [9.17, 15) is 14.9 Å². The molecule has 5 nitrogen and oxygen atoms in total. The van der Waals surface area contributed by atoms with E-state index in [1.807, 2.05) is 13.0 Å². The molecule has 1 aromatic heterocycles. The molecule has 6 rings (SSSR count). The number of carbonyl (C=O) groups excluding carboxylic acids is 1. The number of amides is 1. The van der Waals surface area contributed by atoms with Gasteiger partial charge in [0, 0.05) is 30.5 Å². The zero-order valence-corrected chi connectivity index (χ0v) is 18.9. The van der Waals surface area contributed by atoms with Crippen LogP contribution in [0.5, 0.6) is 0 Å². The number of H-pyrrole nitrogens is 1. The number of aromatic nitrogens is 1. The fourth-order valence-corrected chi connectivity index (χ4v) is 5.95. The average molecular weight is 438 g/mol. The molecule has 0 radical (unpaired) electrons. The third-order valence-electron chi connectivity index (χ3n) is 7.51. The molecular formula is C28H27N3O2. The maximum atomic E-state index is 12.8. The zero-order chi connectivity index (χ0) is 23.1. The van der Waals surface area contributed by atoms with Crippen LogP contribution in [-0.2, 0) is 11.2 Å². The number of pyridine rings is 1. The minimum atomic E-state index is -0.367. The van der Waals surface area contributed by atoms with Crippen LogP contribution in [0.15, 0.2) is 53.3 Å². The van der Waals surface area contributed by atoms with Gasteiger partial charge in [-0.05, 0) is 66.0 Å². The molecule has 1 atom stereocenters. The van der Waals surface area contributed by atoms with Crippen LogP contribution in [0.1, 0.15) is 69.3 Å². The molecule has 2 bridgehead atoms. The smallest absolute Gasteiger partial charge is 0.266 e. The highest BCUT2D eigenvalue weighted by atomic mass is 16.1. The van der Waals surface area contributed by atoms with E-state index >= 15 is 0 Å². The highest BCUT2D eigenvalue weighted by molar-refractivity contribution is 5.76. The molecule has 33 heavy (non-hydrogen) atoms. The molecule has 2 N–H and O–H groups in total. The number of aromatic amines is 1. The van der Waals surface area contributed by atoms with Crippen LogP contribution < -0.4 is 10.9 Å². The Balaban J connectivity index is 1.29. The second-order valence-electron chi connectivity index (χ2n) is 9.26. The predicted octanol–water partition coefficient (Wildman–Crippen LogP) is 4.21. The lowest BCUT2D eigenvalue weighted by molar-refractivity contribution is -0.121. The minimum Gasteiger partial charge on any atom is -0.356 e. The van der Waals surface area contributed by atoms with Crippen LogP contribution in [0.3, 0.4) is 0 Å². The molecule has 3 aliphatic carbocycles. The number of nitrogens with one attached hydrogen (secondary N) is 2. The van der Waals surface area contributed by atoms with E-state index in [1.54, 1.807) is 6.92 Å². The van der Waals surface area contributed by atoms with Crippen LogP contribution in [0.25, 0.3) is 0 Å². The lowest BCUT2D eigenvalue weighted by atomic mass is 9.59. The number of fused-ring (bicyclic) bond motifs is 1. The first-order valence-corrected chi connectivity index (χ1v) is 11.6. The van der Waals surface area contributed by atoms with Gasteiger partial charge in [-0.1, -0.05) is 48.5 Å². The van der Waals surface area contributed by atoms with E-state index in [0.717, 1.165) is 17.7 Å². The Morgan fingerprint density at radius 3 is 2.27 bits per heavy atom. The Kier molecular flexibility index (Phi) is 5.38. The molecule has 0 saturated heterocycles. The molecule has 1 amide bonds. The summed E-state index contributed by atoms with van der Waals surface area (Å²) in [5.74, 6) is 1.07. The van der Waals surface area contributed by atoms with Gasteiger partial charge in [-0.2, -0.15) is 5.26 Å². The molecule has 1 unspecified atom stereocenters. The normalized spacial score (nSPS) is 20.0. The van der Waals surface area contributed by atoms with Crippen molar-refractivity contribution in [3.05, 3.63) is 104 Å². The summed E-state index contributed by atoms with van der Waals surface area (Å²) in [6.07, 6.45) is 1.87. The quantitative estimate of drug-likeness (QED) is 0.627. The molecular weight excluding hydrogens is 410 g/mol. The second kappa shape index (κ2) is 8.37. The fraction of sp³-hybridized carbons (Fsp3) is 0.321. The van der Waals surface area contributed by atoms with Crippen molar-refractivity contribution in [3.63, 3.8) is 0 Å². The first kappa shape index (κ1) is 21.2. The molecule has 2 aromatic carbocycles. The number of nitrogens with zero attached hydrogens (tertiary/aromatic N) is 1.